The number of hydrogen-bond acceptors (Lipinski definition) is 4. The van der Waals surface area contributed by atoms with Crippen molar-refractivity contribution in [1.29, 1.82) is 0 Å². The van der Waals surface area contributed by atoms with Crippen LogP contribution in [0.1, 0.15) is 5.56 Å². The summed E-state index contributed by atoms with van der Waals surface area (Å²) in [5.74, 6) is 1.05. The Kier molecular flexibility index (Phi) is 7.03. The van der Waals surface area contributed by atoms with E-state index in [1.165, 1.54) is 39.5 Å². The Balaban J connectivity index is 2.21. The molecule has 0 saturated carbocycles. The van der Waals surface area contributed by atoms with E-state index in [4.69, 9.17) is 49.0 Å². The number of ether oxygens (including phenoxy) is 3. The molecule has 0 unspecified atom stereocenters. The highest BCUT2D eigenvalue weighted by molar-refractivity contribution is 6.44. The third-order valence-electron chi connectivity index (χ3n) is 3.38. The number of anilines is 1. The van der Waals surface area contributed by atoms with E-state index in [0.29, 0.717) is 38.5 Å². The molecule has 26 heavy (non-hydrogen) atoms. The minimum Gasteiger partial charge on any atom is -0.493 e. The number of rotatable bonds is 6. The van der Waals surface area contributed by atoms with Crippen molar-refractivity contribution in [3.63, 3.8) is 0 Å². The Morgan fingerprint density at radius 1 is 0.885 bits per heavy atom. The Labute approximate surface area is 166 Å². The van der Waals surface area contributed by atoms with Gasteiger partial charge in [-0.1, -0.05) is 34.8 Å². The molecule has 8 heteroatoms. The van der Waals surface area contributed by atoms with E-state index in [1.54, 1.807) is 18.2 Å². The molecule has 0 spiro atoms. The van der Waals surface area contributed by atoms with Crippen LogP contribution in [0.15, 0.2) is 30.3 Å². The highest BCUT2D eigenvalue weighted by atomic mass is 35.5. The van der Waals surface area contributed by atoms with Gasteiger partial charge in [-0.2, -0.15) is 0 Å². The molecule has 138 valence electrons. The van der Waals surface area contributed by atoms with Crippen LogP contribution in [0.4, 0.5) is 5.69 Å². The minimum absolute atomic E-state index is 0.286. The quantitative estimate of drug-likeness (QED) is 0.511. The number of halogens is 3. The monoisotopic (exact) mass is 415 g/mol. The van der Waals surface area contributed by atoms with Crippen molar-refractivity contribution in [3.8, 4) is 17.2 Å². The third kappa shape index (κ3) is 4.75. The number of carbonyl (C=O) groups is 1. The first-order valence-electron chi connectivity index (χ1n) is 7.33. The van der Waals surface area contributed by atoms with Crippen LogP contribution in [0.2, 0.25) is 15.1 Å². The number of benzene rings is 2. The molecule has 0 atom stereocenters. The highest BCUT2D eigenvalue weighted by Crippen LogP contribution is 2.38. The Hall–Kier alpha value is -2.08. The van der Waals surface area contributed by atoms with Crippen LogP contribution in [0, 0.1) is 0 Å². The van der Waals surface area contributed by atoms with Gasteiger partial charge < -0.3 is 19.5 Å². The molecule has 2 aromatic rings. The van der Waals surface area contributed by atoms with Crippen LogP contribution in [-0.4, -0.2) is 27.2 Å². The Morgan fingerprint density at radius 2 is 1.46 bits per heavy atom. The van der Waals surface area contributed by atoms with Gasteiger partial charge in [-0.3, -0.25) is 4.79 Å². The zero-order valence-electron chi connectivity index (χ0n) is 14.2. The number of hydrogen-bond donors (Lipinski definition) is 1. The van der Waals surface area contributed by atoms with Crippen molar-refractivity contribution in [1.82, 2.24) is 0 Å². The summed E-state index contributed by atoms with van der Waals surface area (Å²) in [5, 5.41) is 3.53. The van der Waals surface area contributed by atoms with E-state index < -0.39 is 0 Å². The number of carbonyl (C=O) groups excluding carboxylic acids is 1. The zero-order valence-corrected chi connectivity index (χ0v) is 16.5. The molecule has 0 aromatic heterocycles. The van der Waals surface area contributed by atoms with Crippen LogP contribution in [0.3, 0.4) is 0 Å². The molecule has 2 rings (SSSR count). The van der Waals surface area contributed by atoms with E-state index >= 15 is 0 Å². The van der Waals surface area contributed by atoms with Crippen LogP contribution in [0.5, 0.6) is 17.2 Å². The van der Waals surface area contributed by atoms with Crippen molar-refractivity contribution in [2.75, 3.05) is 26.6 Å². The lowest BCUT2D eigenvalue weighted by molar-refractivity contribution is -0.111. The standard InChI is InChI=1S/C18H16Cl3NO4/c1-24-15-6-10(7-16(25-2)18(15)26-3)4-5-17(23)22-14-9-12(20)11(19)8-13(14)21/h4-9H,1-3H3,(H,22,23). The van der Waals surface area contributed by atoms with Gasteiger partial charge in [-0.15, -0.1) is 0 Å². The summed E-state index contributed by atoms with van der Waals surface area (Å²) in [6.45, 7) is 0. The van der Waals surface area contributed by atoms with E-state index in [1.807, 2.05) is 0 Å². The molecule has 1 N–H and O–H groups in total. The van der Waals surface area contributed by atoms with E-state index in [0.717, 1.165) is 0 Å². The Bertz CT molecular complexity index is 828. The first-order chi connectivity index (χ1) is 12.4. The average molecular weight is 417 g/mol. The first-order valence-corrected chi connectivity index (χ1v) is 8.46. The summed E-state index contributed by atoms with van der Waals surface area (Å²) in [5.41, 5.74) is 1.05. The highest BCUT2D eigenvalue weighted by Gasteiger charge is 2.12. The smallest absolute Gasteiger partial charge is 0.248 e. The molecule has 0 aliphatic rings. The molecule has 0 heterocycles. The van der Waals surface area contributed by atoms with Gasteiger partial charge >= 0.3 is 0 Å². The molecule has 5 nitrogen and oxygen atoms in total. The molecule has 0 aliphatic carbocycles. The van der Waals surface area contributed by atoms with E-state index in [2.05, 4.69) is 5.32 Å². The van der Waals surface area contributed by atoms with Gasteiger partial charge in [0.05, 0.1) is 42.1 Å². The second kappa shape index (κ2) is 9.03. The lowest BCUT2D eigenvalue weighted by Gasteiger charge is -2.12. The normalized spacial score (nSPS) is 10.7. The van der Waals surface area contributed by atoms with Gasteiger partial charge in [0.25, 0.3) is 0 Å². The number of amides is 1. The predicted molar refractivity (Wildman–Crippen MR) is 105 cm³/mol. The van der Waals surface area contributed by atoms with Crippen molar-refractivity contribution in [3.05, 3.63) is 51.0 Å². The van der Waals surface area contributed by atoms with Gasteiger partial charge in [0.15, 0.2) is 11.5 Å². The number of methoxy groups -OCH3 is 3. The summed E-state index contributed by atoms with van der Waals surface area (Å²) in [7, 11) is 4.55. The predicted octanol–water partition coefficient (Wildman–Crippen LogP) is 5.32. The third-order valence-corrected chi connectivity index (χ3v) is 4.42. The minimum atomic E-state index is -0.390. The fraction of sp³-hybridized carbons (Fsp3) is 0.167. The molecule has 0 bridgehead atoms. The second-order valence-electron chi connectivity index (χ2n) is 5.03. The van der Waals surface area contributed by atoms with Gasteiger partial charge in [0.1, 0.15) is 0 Å². The van der Waals surface area contributed by atoms with Crippen molar-refractivity contribution >= 4 is 52.5 Å². The van der Waals surface area contributed by atoms with Gasteiger partial charge in [-0.25, -0.2) is 0 Å². The molecule has 0 fully saturated rings. The molecule has 0 radical (unpaired) electrons. The molecule has 2 aromatic carbocycles. The molecule has 0 aliphatic heterocycles. The summed E-state index contributed by atoms with van der Waals surface area (Å²) in [6, 6.07) is 6.38. The number of nitrogens with one attached hydrogen (secondary N) is 1. The fourth-order valence-electron chi connectivity index (χ4n) is 2.16. The molecular formula is C18H16Cl3NO4. The van der Waals surface area contributed by atoms with Crippen molar-refractivity contribution in [2.24, 2.45) is 0 Å². The lowest BCUT2D eigenvalue weighted by atomic mass is 10.1. The summed E-state index contributed by atoms with van der Waals surface area (Å²) in [6.07, 6.45) is 2.95. The maximum absolute atomic E-state index is 12.1. The maximum Gasteiger partial charge on any atom is 0.248 e. The van der Waals surface area contributed by atoms with Crippen LogP contribution >= 0.6 is 34.8 Å². The topological polar surface area (TPSA) is 56.8 Å². The zero-order chi connectivity index (χ0) is 19.3. The summed E-state index contributed by atoms with van der Waals surface area (Å²) >= 11 is 17.9. The van der Waals surface area contributed by atoms with Crippen molar-refractivity contribution < 1.29 is 19.0 Å². The molecule has 1 amide bonds. The van der Waals surface area contributed by atoms with E-state index in [9.17, 15) is 4.79 Å². The molecular weight excluding hydrogens is 401 g/mol. The first kappa shape index (κ1) is 20.2. The van der Waals surface area contributed by atoms with Crippen LogP contribution in [0.25, 0.3) is 6.08 Å². The maximum atomic E-state index is 12.1. The molecule has 0 saturated heterocycles. The van der Waals surface area contributed by atoms with Crippen LogP contribution < -0.4 is 19.5 Å². The van der Waals surface area contributed by atoms with Crippen LogP contribution in [-0.2, 0) is 4.79 Å². The van der Waals surface area contributed by atoms with E-state index in [-0.39, 0.29) is 10.9 Å². The SMILES string of the molecule is COc1cc(C=CC(=O)Nc2cc(Cl)c(Cl)cc2Cl)cc(OC)c1OC. The largest absolute Gasteiger partial charge is 0.493 e. The Morgan fingerprint density at radius 3 is 2.00 bits per heavy atom. The van der Waals surface area contributed by atoms with Gasteiger partial charge in [-0.05, 0) is 35.9 Å². The van der Waals surface area contributed by atoms with Crippen molar-refractivity contribution in [2.45, 2.75) is 0 Å². The van der Waals surface area contributed by atoms with Gasteiger partial charge in [0.2, 0.25) is 11.7 Å². The van der Waals surface area contributed by atoms with Gasteiger partial charge in [0, 0.05) is 6.08 Å². The second-order valence-corrected chi connectivity index (χ2v) is 6.25. The lowest BCUT2D eigenvalue weighted by Crippen LogP contribution is -2.08. The fourth-order valence-corrected chi connectivity index (χ4v) is 2.76. The summed E-state index contributed by atoms with van der Waals surface area (Å²) in [4.78, 5) is 12.1. The average Bonchev–Trinajstić information content (AvgIpc) is 2.63. The summed E-state index contributed by atoms with van der Waals surface area (Å²) < 4.78 is 15.8.